The van der Waals surface area contributed by atoms with Crippen molar-refractivity contribution in [2.75, 3.05) is 43.5 Å². The number of nitriles is 1. The molecule has 82 heavy (non-hydrogen) atoms. The van der Waals surface area contributed by atoms with Crippen LogP contribution < -0.4 is 30.7 Å². The van der Waals surface area contributed by atoms with E-state index in [2.05, 4.69) is 43.8 Å². The number of benzene rings is 4. The summed E-state index contributed by atoms with van der Waals surface area (Å²) in [6.45, 7) is 11.6. The van der Waals surface area contributed by atoms with E-state index in [9.17, 15) is 14.9 Å². The number of hydrogen-bond donors (Lipinski definition) is 3. The van der Waals surface area contributed by atoms with Crippen molar-refractivity contribution in [3.63, 3.8) is 0 Å². The third-order valence-corrected chi connectivity index (χ3v) is 17.6. The summed E-state index contributed by atoms with van der Waals surface area (Å²) in [5.74, 6) is 0.637. The Morgan fingerprint density at radius 2 is 1.72 bits per heavy atom. The normalized spacial score (nSPS) is 18.7. The molecule has 17 nitrogen and oxygen atoms in total. The van der Waals surface area contributed by atoms with Crippen LogP contribution in [0.1, 0.15) is 95.0 Å². The topological polar surface area (TPSA) is 212 Å². The maximum atomic E-state index is 15.5. The molecular weight excluding hydrogens is 1100 g/mol. The van der Waals surface area contributed by atoms with Gasteiger partial charge in [-0.3, -0.25) is 14.6 Å². The predicted molar refractivity (Wildman–Crippen MR) is 317 cm³/mol. The second-order valence-corrected chi connectivity index (χ2v) is 23.6. The number of aromatic nitrogens is 6. The Morgan fingerprint density at radius 1 is 0.976 bits per heavy atom. The van der Waals surface area contributed by atoms with Crippen LogP contribution in [-0.2, 0) is 20.9 Å². The fourth-order valence-electron chi connectivity index (χ4n) is 11.6. The Balaban J connectivity index is 0.000000334. The van der Waals surface area contributed by atoms with Gasteiger partial charge in [0.25, 0.3) is 0 Å². The molecule has 4 saturated heterocycles. The molecule has 12 rings (SSSR count). The summed E-state index contributed by atoms with van der Waals surface area (Å²) in [5.41, 5.74) is 13.2. The monoisotopic (exact) mass is 1160 g/mol. The third-order valence-electron chi connectivity index (χ3n) is 16.0. The molecule has 2 amide bonds. The summed E-state index contributed by atoms with van der Waals surface area (Å²) < 4.78 is 36.5. The highest BCUT2D eigenvalue weighted by molar-refractivity contribution is 7.23. The van der Waals surface area contributed by atoms with Gasteiger partial charge in [-0.1, -0.05) is 96.9 Å². The van der Waals surface area contributed by atoms with Crippen molar-refractivity contribution in [3.8, 4) is 51.3 Å². The summed E-state index contributed by atoms with van der Waals surface area (Å²) in [4.78, 5) is 42.6. The number of nitrogens with zero attached hydrogens (tertiary/aromatic N) is 9. The fourth-order valence-corrected chi connectivity index (χ4v) is 13.1. The number of carbonyl (C=O) groups excluding carboxylic acids is 2. The van der Waals surface area contributed by atoms with Crippen molar-refractivity contribution in [1.82, 2.24) is 45.5 Å². The molecule has 21 heteroatoms. The average molecular weight is 1170 g/mol. The van der Waals surface area contributed by atoms with Crippen molar-refractivity contribution in [1.29, 1.82) is 5.26 Å². The number of anilines is 2. The zero-order valence-electron chi connectivity index (χ0n) is 45.9. The number of ether oxygens (including phenoxy) is 3. The quantitative estimate of drug-likeness (QED) is 0.0816. The van der Waals surface area contributed by atoms with E-state index < -0.39 is 11.9 Å². The Bertz CT molecular complexity index is 3670. The zero-order valence-corrected chi connectivity index (χ0v) is 48.3. The fraction of sp³-hybridized carbons (Fsp3) is 0.377. The first-order valence-corrected chi connectivity index (χ1v) is 29.4. The molecule has 8 aromatic rings. The van der Waals surface area contributed by atoms with Crippen LogP contribution in [0, 0.1) is 23.1 Å². The number of rotatable bonds is 15. The van der Waals surface area contributed by atoms with Crippen LogP contribution in [0.4, 0.5) is 15.2 Å². The van der Waals surface area contributed by atoms with Gasteiger partial charge in [0.1, 0.15) is 52.7 Å². The number of nitrogens with one attached hydrogen (secondary N) is 2. The minimum Gasteiger partial charge on any atom is -0.486 e. The van der Waals surface area contributed by atoms with Gasteiger partial charge in [-0.25, -0.2) is 9.07 Å². The molecule has 0 radical (unpaired) electrons. The number of nitrogen functional groups attached to an aromatic ring is 1. The smallest absolute Gasteiger partial charge is 0.319 e. The van der Waals surface area contributed by atoms with Gasteiger partial charge in [0.05, 0.1) is 45.8 Å². The van der Waals surface area contributed by atoms with Gasteiger partial charge in [0, 0.05) is 90.5 Å². The Morgan fingerprint density at radius 3 is 2.40 bits per heavy atom. The Labute approximate surface area is 488 Å². The van der Waals surface area contributed by atoms with Crippen LogP contribution in [0.5, 0.6) is 11.8 Å². The Kier molecular flexibility index (Phi) is 16.9. The maximum Gasteiger partial charge on any atom is 0.319 e. The number of fused-ring (bicyclic) bond motifs is 4. The first kappa shape index (κ1) is 56.4. The standard InChI is InChI=1S/C47H50ClFN10O4S.C14H13ClN2O/c1-25(2)41(46(60)58-16-4-5-26(58)3)59-23-37(55-56-59)28-8-6-27(7-9-28)24-62-42-39(32-12-13-36(49)43-38(32)34(20-50)44(51)64-43)35(48)19-33-40(42)53-47(63-31-14-17-61-18-15-31)54-45(33)57-21-29-10-11-30(22-57)52-29;1-10(17-9-18)11-2-4-12(5-3-11)13-8-16-7-6-14(13)15/h6-9,12-13,19,23,25-26,29-31,41,52H,4-5,10-11,14-18,21-22,24,51H2,1-3H3;2-10H,1H3,(H,17,18). The van der Waals surface area contributed by atoms with Gasteiger partial charge < -0.3 is 40.4 Å². The lowest BCUT2D eigenvalue weighted by molar-refractivity contribution is -0.137. The molecule has 4 aliphatic heterocycles. The molecular formula is C61H63Cl2FN12O5S. The van der Waals surface area contributed by atoms with Crippen molar-refractivity contribution in [2.45, 2.75) is 109 Å². The number of likely N-dealkylation sites (tertiary alicyclic amines) is 1. The molecule has 424 valence electrons. The highest BCUT2D eigenvalue weighted by atomic mass is 35.5. The number of piperazine rings is 1. The van der Waals surface area contributed by atoms with Gasteiger partial charge >= 0.3 is 6.01 Å². The minimum absolute atomic E-state index is 0.000852. The zero-order chi connectivity index (χ0) is 57.2. The molecule has 0 aliphatic carbocycles. The molecule has 4 fully saturated rings. The molecule has 4 aromatic carbocycles. The molecule has 4 aliphatic rings. The minimum atomic E-state index is -0.492. The first-order valence-electron chi connectivity index (χ1n) is 27.8. The van der Waals surface area contributed by atoms with E-state index in [-0.39, 0.29) is 57.9 Å². The van der Waals surface area contributed by atoms with E-state index in [4.69, 9.17) is 53.1 Å². The molecule has 5 unspecified atom stereocenters. The molecule has 4 aromatic heterocycles. The number of carbonyl (C=O) groups is 2. The van der Waals surface area contributed by atoms with E-state index in [0.29, 0.717) is 99.3 Å². The second-order valence-electron chi connectivity index (χ2n) is 21.8. The highest BCUT2D eigenvalue weighted by Gasteiger charge is 2.37. The van der Waals surface area contributed by atoms with Gasteiger partial charge in [0.15, 0.2) is 5.75 Å². The predicted octanol–water partition coefficient (Wildman–Crippen LogP) is 11.5. The lowest BCUT2D eigenvalue weighted by atomic mass is 9.96. The van der Waals surface area contributed by atoms with E-state index in [1.807, 2.05) is 86.5 Å². The van der Waals surface area contributed by atoms with Crippen molar-refractivity contribution >= 4 is 78.7 Å². The number of nitrogens with two attached hydrogens (primary N) is 1. The van der Waals surface area contributed by atoms with Gasteiger partial charge in [0.2, 0.25) is 12.3 Å². The molecule has 4 N–H and O–H groups in total. The van der Waals surface area contributed by atoms with Crippen LogP contribution in [0.15, 0.2) is 91.4 Å². The number of thiophene rings is 1. The van der Waals surface area contributed by atoms with Crippen molar-refractivity contribution < 1.29 is 28.2 Å². The summed E-state index contributed by atoms with van der Waals surface area (Å²) in [5, 5.41) is 27.9. The van der Waals surface area contributed by atoms with E-state index in [1.54, 1.807) is 29.2 Å². The van der Waals surface area contributed by atoms with E-state index in [1.165, 1.54) is 6.07 Å². The number of halogens is 3. The largest absolute Gasteiger partial charge is 0.486 e. The lowest BCUT2D eigenvalue weighted by Crippen LogP contribution is -2.51. The molecule has 8 heterocycles. The van der Waals surface area contributed by atoms with Crippen molar-refractivity contribution in [2.24, 2.45) is 5.92 Å². The SMILES string of the molecule is CC(C)C(C(=O)N1CCCC1C)n1cc(-c2ccc(COc3c(-c4ccc(F)c5sc(N)c(C#N)c45)c(Cl)cc4c(N5CC6CCC(C5)N6)nc(OC5CCOCC5)nc34)cc2)nn1.CC(NC=O)c1ccc(-c2cnccc2Cl)cc1. The van der Waals surface area contributed by atoms with Crippen LogP contribution in [-0.4, -0.2) is 104 Å². The van der Waals surface area contributed by atoms with Crippen LogP contribution in [0.3, 0.4) is 0 Å². The number of amides is 2. The Hall–Kier alpha value is -7.47. The summed E-state index contributed by atoms with van der Waals surface area (Å²) >= 11 is 14.5. The highest BCUT2D eigenvalue weighted by Crippen LogP contribution is 2.50. The van der Waals surface area contributed by atoms with Crippen LogP contribution in [0.2, 0.25) is 10.0 Å². The second kappa shape index (κ2) is 24.5. The molecule has 0 saturated carbocycles. The lowest BCUT2D eigenvalue weighted by Gasteiger charge is -2.34. The first-order chi connectivity index (χ1) is 39.8. The van der Waals surface area contributed by atoms with Gasteiger partial charge in [-0.15, -0.1) is 16.4 Å². The van der Waals surface area contributed by atoms with E-state index >= 15 is 4.39 Å². The van der Waals surface area contributed by atoms with Crippen LogP contribution >= 0.6 is 34.5 Å². The summed E-state index contributed by atoms with van der Waals surface area (Å²) in [6, 6.07) is 25.1. The van der Waals surface area contributed by atoms with Crippen LogP contribution in [0.25, 0.3) is 54.5 Å². The third kappa shape index (κ3) is 11.6. The summed E-state index contributed by atoms with van der Waals surface area (Å²) in [7, 11) is 0. The number of hydrogen-bond acceptors (Lipinski definition) is 15. The summed E-state index contributed by atoms with van der Waals surface area (Å²) in [6.07, 6.45) is 11.4. The van der Waals surface area contributed by atoms with Gasteiger partial charge in [-0.2, -0.15) is 15.2 Å². The maximum absolute atomic E-state index is 15.5. The van der Waals surface area contributed by atoms with E-state index in [0.717, 1.165) is 84.5 Å². The molecule has 5 atom stereocenters. The molecule has 0 spiro atoms. The molecule has 2 bridgehead atoms. The number of pyridine rings is 1. The van der Waals surface area contributed by atoms with Crippen molar-refractivity contribution in [3.05, 3.63) is 124 Å². The average Bonchev–Trinajstić information content (AvgIpc) is 4.43. The van der Waals surface area contributed by atoms with Gasteiger partial charge in [-0.05, 0) is 85.9 Å².